The molecule has 0 aromatic heterocycles. The van der Waals surface area contributed by atoms with Crippen molar-refractivity contribution >= 4 is 18.0 Å². The number of allylic oxidation sites excluding steroid dienone is 1. The van der Waals surface area contributed by atoms with Crippen molar-refractivity contribution in [2.75, 3.05) is 33.9 Å². The molecule has 0 atom stereocenters. The highest BCUT2D eigenvalue weighted by atomic mass is 32.2. The van der Waals surface area contributed by atoms with Crippen LogP contribution in [0.2, 0.25) is 0 Å². The van der Waals surface area contributed by atoms with Gasteiger partial charge in [0.15, 0.2) is 6.21 Å². The van der Waals surface area contributed by atoms with Crippen LogP contribution in [0.4, 0.5) is 0 Å². The molecule has 0 N–H and O–H groups in total. The molecule has 0 saturated carbocycles. The van der Waals surface area contributed by atoms with Crippen LogP contribution in [0.25, 0.3) is 0 Å². The van der Waals surface area contributed by atoms with Gasteiger partial charge in [-0.05, 0) is 12.2 Å². The molecule has 0 saturated heterocycles. The van der Waals surface area contributed by atoms with E-state index in [4.69, 9.17) is 0 Å². The van der Waals surface area contributed by atoms with E-state index in [0.717, 1.165) is 0 Å². The summed E-state index contributed by atoms with van der Waals surface area (Å²) in [5.74, 6) is 1.18. The van der Waals surface area contributed by atoms with Gasteiger partial charge in [0.1, 0.15) is 14.1 Å². The Morgan fingerprint density at radius 3 is 2.38 bits per heavy atom. The molecule has 0 fully saturated rings. The zero-order valence-electron chi connectivity index (χ0n) is 9.37. The first-order chi connectivity index (χ1) is 6.06. The summed E-state index contributed by atoms with van der Waals surface area (Å²) in [6.07, 6.45) is 5.53. The third-order valence-electron chi connectivity index (χ3n) is 1.24. The zero-order chi connectivity index (χ0) is 10.3. The Kier molecular flexibility index (Phi) is 6.77. The maximum absolute atomic E-state index is 2.20. The van der Waals surface area contributed by atoms with Crippen LogP contribution in [0.3, 0.4) is 0 Å². The van der Waals surface area contributed by atoms with Gasteiger partial charge in [0.05, 0.1) is 4.91 Å². The quantitative estimate of drug-likeness (QED) is 0.495. The predicted molar refractivity (Wildman–Crippen MR) is 62.7 cm³/mol. The molecular weight excluding hydrogens is 180 g/mol. The van der Waals surface area contributed by atoms with Crippen molar-refractivity contribution in [3.05, 3.63) is 11.1 Å². The van der Waals surface area contributed by atoms with E-state index in [1.807, 2.05) is 11.8 Å². The van der Waals surface area contributed by atoms with Gasteiger partial charge >= 0.3 is 0 Å². The second kappa shape index (κ2) is 7.01. The van der Waals surface area contributed by atoms with Crippen LogP contribution in [0.5, 0.6) is 0 Å². The maximum atomic E-state index is 2.20. The molecule has 0 rings (SSSR count). The van der Waals surface area contributed by atoms with E-state index >= 15 is 0 Å². The first-order valence-corrected chi connectivity index (χ1v) is 5.57. The minimum Gasteiger partial charge on any atom is -0.382 e. The fourth-order valence-corrected chi connectivity index (χ4v) is 1.85. The molecule has 76 valence electrons. The average molecular weight is 201 g/mol. The fraction of sp³-hybridized carbons (Fsp3) is 0.700. The highest BCUT2D eigenvalue weighted by Gasteiger charge is 1.98. The topological polar surface area (TPSA) is 6.25 Å². The first-order valence-electron chi connectivity index (χ1n) is 4.58. The smallest absolute Gasteiger partial charge is 0.178 e. The summed E-state index contributed by atoms with van der Waals surface area (Å²) in [4.78, 5) is 3.40. The van der Waals surface area contributed by atoms with Gasteiger partial charge in [-0.1, -0.05) is 6.92 Å². The SMILES string of the molecule is CCCSC(=CN(C)C)C=[N+](C)C. The highest BCUT2D eigenvalue weighted by Crippen LogP contribution is 2.14. The van der Waals surface area contributed by atoms with Gasteiger partial charge in [0.2, 0.25) is 0 Å². The van der Waals surface area contributed by atoms with E-state index in [9.17, 15) is 0 Å². The van der Waals surface area contributed by atoms with E-state index in [0.29, 0.717) is 0 Å². The third kappa shape index (κ3) is 7.91. The summed E-state index contributed by atoms with van der Waals surface area (Å²) in [6.45, 7) is 2.20. The lowest BCUT2D eigenvalue weighted by Crippen LogP contribution is -2.06. The molecule has 0 spiro atoms. The Balaban J connectivity index is 4.28. The second-order valence-corrected chi connectivity index (χ2v) is 4.60. The molecule has 0 aliphatic rings. The number of hydrogen-bond donors (Lipinski definition) is 0. The summed E-state index contributed by atoms with van der Waals surface area (Å²) in [5, 5.41) is 0. The van der Waals surface area contributed by atoms with E-state index in [1.54, 1.807) is 0 Å². The van der Waals surface area contributed by atoms with Gasteiger partial charge in [0.25, 0.3) is 0 Å². The van der Waals surface area contributed by atoms with Gasteiger partial charge in [-0.25, -0.2) is 4.58 Å². The Bertz CT molecular complexity index is 191. The van der Waals surface area contributed by atoms with Crippen LogP contribution < -0.4 is 0 Å². The van der Waals surface area contributed by atoms with Crippen molar-refractivity contribution in [2.45, 2.75) is 13.3 Å². The standard InChI is InChI=1S/C10H21N2S/c1-6-7-13-10(8-11(2)3)9-12(4)5/h8-9H,6-7H2,1-5H3/q+1. The van der Waals surface area contributed by atoms with E-state index in [-0.39, 0.29) is 0 Å². The molecule has 13 heavy (non-hydrogen) atoms. The van der Waals surface area contributed by atoms with Gasteiger partial charge in [-0.2, -0.15) is 0 Å². The molecule has 2 nitrogen and oxygen atoms in total. The number of rotatable bonds is 5. The van der Waals surface area contributed by atoms with Crippen LogP contribution in [-0.2, 0) is 0 Å². The lowest BCUT2D eigenvalue weighted by molar-refractivity contribution is -0.458. The van der Waals surface area contributed by atoms with Crippen LogP contribution in [0.15, 0.2) is 11.1 Å². The minimum absolute atomic E-state index is 1.18. The number of nitrogens with zero attached hydrogens (tertiary/aromatic N) is 2. The van der Waals surface area contributed by atoms with Crippen LogP contribution in [-0.4, -0.2) is 49.6 Å². The lowest BCUT2D eigenvalue weighted by Gasteiger charge is -2.06. The lowest BCUT2D eigenvalue weighted by atomic mass is 10.6. The number of hydrogen-bond acceptors (Lipinski definition) is 2. The molecule has 0 bridgehead atoms. The molecular formula is C10H21N2S+. The molecule has 0 aliphatic carbocycles. The van der Waals surface area contributed by atoms with Crippen LogP contribution in [0.1, 0.15) is 13.3 Å². The van der Waals surface area contributed by atoms with Crippen molar-refractivity contribution in [3.63, 3.8) is 0 Å². The summed E-state index contributed by atoms with van der Waals surface area (Å²) >= 11 is 1.90. The molecule has 3 heteroatoms. The predicted octanol–water partition coefficient (Wildman–Crippen LogP) is 1.88. The highest BCUT2D eigenvalue weighted by molar-refractivity contribution is 8.03. The number of thioether (sulfide) groups is 1. The molecule has 0 amide bonds. The maximum Gasteiger partial charge on any atom is 0.178 e. The van der Waals surface area contributed by atoms with E-state index in [1.165, 1.54) is 17.1 Å². The van der Waals surface area contributed by atoms with Gasteiger partial charge in [0, 0.05) is 20.3 Å². The van der Waals surface area contributed by atoms with Gasteiger partial charge in [-0.3, -0.25) is 0 Å². The minimum atomic E-state index is 1.18. The van der Waals surface area contributed by atoms with Crippen molar-refractivity contribution in [2.24, 2.45) is 0 Å². The normalized spacial score (nSPS) is 11.3. The molecule has 0 aliphatic heterocycles. The summed E-state index contributed by atoms with van der Waals surface area (Å²) in [5.41, 5.74) is 0. The first kappa shape index (κ1) is 12.6. The Morgan fingerprint density at radius 2 is 2.00 bits per heavy atom. The monoisotopic (exact) mass is 201 g/mol. The molecule has 0 heterocycles. The van der Waals surface area contributed by atoms with Crippen molar-refractivity contribution in [1.29, 1.82) is 0 Å². The van der Waals surface area contributed by atoms with Crippen molar-refractivity contribution in [1.82, 2.24) is 4.90 Å². The van der Waals surface area contributed by atoms with Gasteiger partial charge < -0.3 is 4.90 Å². The Hall–Kier alpha value is -0.440. The van der Waals surface area contributed by atoms with Crippen LogP contribution in [0, 0.1) is 0 Å². The van der Waals surface area contributed by atoms with Crippen molar-refractivity contribution < 1.29 is 4.58 Å². The third-order valence-corrected chi connectivity index (χ3v) is 2.40. The molecule has 0 unspecified atom stereocenters. The summed E-state index contributed by atoms with van der Waals surface area (Å²) in [6, 6.07) is 0. The fourth-order valence-electron chi connectivity index (χ4n) is 0.837. The largest absolute Gasteiger partial charge is 0.382 e. The molecule has 0 aromatic carbocycles. The zero-order valence-corrected chi connectivity index (χ0v) is 10.2. The second-order valence-electron chi connectivity index (χ2n) is 3.44. The Morgan fingerprint density at radius 1 is 1.38 bits per heavy atom. The molecule has 0 radical (unpaired) electrons. The van der Waals surface area contributed by atoms with E-state index in [2.05, 4.69) is 57.0 Å². The Labute approximate surface area is 86.3 Å². The summed E-state index contributed by atoms with van der Waals surface area (Å²) in [7, 11) is 8.21. The average Bonchev–Trinajstić information content (AvgIpc) is 1.98. The molecule has 0 aromatic rings. The van der Waals surface area contributed by atoms with Crippen LogP contribution >= 0.6 is 11.8 Å². The van der Waals surface area contributed by atoms with Gasteiger partial charge in [-0.15, -0.1) is 11.8 Å². The van der Waals surface area contributed by atoms with E-state index < -0.39 is 0 Å². The van der Waals surface area contributed by atoms with Crippen molar-refractivity contribution in [3.8, 4) is 0 Å². The summed E-state index contributed by atoms with van der Waals surface area (Å²) < 4.78 is 2.08.